The van der Waals surface area contributed by atoms with Crippen LogP contribution in [0.2, 0.25) is 0 Å². The van der Waals surface area contributed by atoms with Crippen molar-refractivity contribution in [2.45, 2.75) is 0 Å². The maximum atomic E-state index is 2.52. The van der Waals surface area contributed by atoms with Crippen molar-refractivity contribution in [1.82, 2.24) is 0 Å². The first-order valence-corrected chi connectivity index (χ1v) is 18.2. The standard InChI is InChI=1S/C52H30/c1-3-15-31(16-4-1)45-37-23-9-11-25-39(37)47(40-26-12-10-24-38(40)45)34-29-43-35-21-7-8-22-36(35)50-49(43)44(30-34)48(33-17-5-2-6-18-33)51-41-27-13-19-32-20-14-28-42(46(32)41)52(50)51/h1-30H. The van der Waals surface area contributed by atoms with Crippen molar-refractivity contribution < 1.29 is 0 Å². The summed E-state index contributed by atoms with van der Waals surface area (Å²) >= 11 is 0. The molecule has 0 nitrogen and oxygen atoms in total. The van der Waals surface area contributed by atoms with Crippen LogP contribution in [0.25, 0.3) is 120 Å². The average Bonchev–Trinajstić information content (AvgIpc) is 3.72. The van der Waals surface area contributed by atoms with Crippen molar-refractivity contribution in [3.63, 3.8) is 0 Å². The SMILES string of the molecule is c1ccc(-c2c3ccccc3c(-c3cc4c(-c5ccccc5)c5c6cccc7cccc(c76)c5c5c6ccccc6c(c3)c45)c3ccccc23)cc1. The number of benzene rings is 10. The zero-order valence-electron chi connectivity index (χ0n) is 28.3. The normalized spacial score (nSPS) is 12.2. The molecule has 0 saturated heterocycles. The molecule has 238 valence electrons. The van der Waals surface area contributed by atoms with Gasteiger partial charge in [-0.15, -0.1) is 0 Å². The van der Waals surface area contributed by atoms with E-state index in [0.717, 1.165) is 0 Å². The molecule has 0 aliphatic carbocycles. The second-order valence-corrected chi connectivity index (χ2v) is 14.3. The zero-order chi connectivity index (χ0) is 33.9. The van der Waals surface area contributed by atoms with Gasteiger partial charge >= 0.3 is 0 Å². The van der Waals surface area contributed by atoms with Crippen molar-refractivity contribution in [3.05, 3.63) is 182 Å². The third-order valence-corrected chi connectivity index (χ3v) is 11.7. The van der Waals surface area contributed by atoms with Crippen molar-refractivity contribution in [3.8, 4) is 33.4 Å². The predicted molar refractivity (Wildman–Crippen MR) is 225 cm³/mol. The first kappa shape index (κ1) is 28.0. The van der Waals surface area contributed by atoms with Gasteiger partial charge in [-0.05, 0) is 132 Å². The summed E-state index contributed by atoms with van der Waals surface area (Å²) in [5.74, 6) is 0. The summed E-state index contributed by atoms with van der Waals surface area (Å²) in [6.07, 6.45) is 0. The molecule has 0 heteroatoms. The zero-order valence-corrected chi connectivity index (χ0v) is 28.3. The maximum absolute atomic E-state index is 2.52. The fourth-order valence-corrected chi connectivity index (χ4v) is 9.74. The van der Waals surface area contributed by atoms with E-state index in [1.165, 1.54) is 120 Å². The second-order valence-electron chi connectivity index (χ2n) is 14.3. The van der Waals surface area contributed by atoms with Gasteiger partial charge in [0, 0.05) is 0 Å². The van der Waals surface area contributed by atoms with Crippen LogP contribution < -0.4 is 0 Å². The summed E-state index contributed by atoms with van der Waals surface area (Å²) in [6.45, 7) is 0. The fourth-order valence-electron chi connectivity index (χ4n) is 9.74. The predicted octanol–water partition coefficient (Wildman–Crippen LogP) is 14.8. The van der Waals surface area contributed by atoms with Gasteiger partial charge < -0.3 is 0 Å². The van der Waals surface area contributed by atoms with Gasteiger partial charge in [0.1, 0.15) is 0 Å². The van der Waals surface area contributed by atoms with Gasteiger partial charge in [-0.1, -0.05) is 170 Å². The lowest BCUT2D eigenvalue weighted by Crippen LogP contribution is -1.92. The Morgan fingerprint density at radius 1 is 0.192 bits per heavy atom. The van der Waals surface area contributed by atoms with Crippen LogP contribution in [0, 0.1) is 0 Å². The molecule has 12 rings (SSSR count). The van der Waals surface area contributed by atoms with E-state index in [4.69, 9.17) is 0 Å². The minimum atomic E-state index is 1.24. The molecular formula is C52H30. The first-order chi connectivity index (χ1) is 25.8. The molecule has 0 amide bonds. The average molecular weight is 655 g/mol. The summed E-state index contributed by atoms with van der Waals surface area (Å²) in [6, 6.07) is 67.8. The number of fused-ring (bicyclic) bond motifs is 9. The van der Waals surface area contributed by atoms with E-state index in [2.05, 4.69) is 182 Å². The highest BCUT2D eigenvalue weighted by Crippen LogP contribution is 2.54. The number of rotatable bonds is 3. The molecule has 0 N–H and O–H groups in total. The Hall–Kier alpha value is -6.76. The maximum Gasteiger partial charge on any atom is -0.000697 e. The van der Waals surface area contributed by atoms with Gasteiger partial charge in [-0.2, -0.15) is 0 Å². The van der Waals surface area contributed by atoms with Crippen LogP contribution >= 0.6 is 0 Å². The minimum absolute atomic E-state index is 1.24. The molecule has 0 heterocycles. The van der Waals surface area contributed by atoms with Crippen LogP contribution in [-0.4, -0.2) is 0 Å². The molecule has 0 aliphatic heterocycles. The summed E-state index contributed by atoms with van der Waals surface area (Å²) in [4.78, 5) is 0. The lowest BCUT2D eigenvalue weighted by molar-refractivity contribution is 1.66. The highest BCUT2D eigenvalue weighted by atomic mass is 14.3. The Labute approximate surface area is 300 Å². The Kier molecular flexibility index (Phi) is 5.59. The van der Waals surface area contributed by atoms with Gasteiger partial charge in [-0.25, -0.2) is 0 Å². The molecule has 12 aromatic carbocycles. The molecular weight excluding hydrogens is 625 g/mol. The summed E-state index contributed by atoms with van der Waals surface area (Å²) < 4.78 is 0. The van der Waals surface area contributed by atoms with Gasteiger partial charge in [0.25, 0.3) is 0 Å². The second kappa shape index (κ2) is 10.4. The summed E-state index contributed by atoms with van der Waals surface area (Å²) in [5.41, 5.74) is 7.66. The van der Waals surface area contributed by atoms with E-state index in [9.17, 15) is 0 Å². The van der Waals surface area contributed by atoms with Crippen molar-refractivity contribution in [1.29, 1.82) is 0 Å². The summed E-state index contributed by atoms with van der Waals surface area (Å²) in [5, 5.41) is 21.2. The molecule has 0 radical (unpaired) electrons. The first-order valence-electron chi connectivity index (χ1n) is 18.2. The van der Waals surface area contributed by atoms with Crippen LogP contribution in [0.1, 0.15) is 0 Å². The van der Waals surface area contributed by atoms with Gasteiger partial charge in [-0.3, -0.25) is 0 Å². The largest absolute Gasteiger partial charge is 0.0622 e. The van der Waals surface area contributed by atoms with Crippen molar-refractivity contribution in [2.24, 2.45) is 0 Å². The van der Waals surface area contributed by atoms with E-state index < -0.39 is 0 Å². The molecule has 0 saturated carbocycles. The van der Waals surface area contributed by atoms with Crippen LogP contribution in [0.3, 0.4) is 0 Å². The fraction of sp³-hybridized carbons (Fsp3) is 0. The van der Waals surface area contributed by atoms with Crippen LogP contribution in [0.15, 0.2) is 182 Å². The van der Waals surface area contributed by atoms with E-state index in [-0.39, 0.29) is 0 Å². The Morgan fingerprint density at radius 2 is 0.615 bits per heavy atom. The Bertz CT molecular complexity index is 3310. The van der Waals surface area contributed by atoms with E-state index in [1.54, 1.807) is 0 Å². The molecule has 52 heavy (non-hydrogen) atoms. The molecule has 0 spiro atoms. The smallest absolute Gasteiger partial charge is 0.000697 e. The van der Waals surface area contributed by atoms with E-state index in [0.29, 0.717) is 0 Å². The Balaban J connectivity index is 1.35. The molecule has 0 aliphatic rings. The Morgan fingerprint density at radius 3 is 1.21 bits per heavy atom. The number of hydrogen-bond acceptors (Lipinski definition) is 0. The van der Waals surface area contributed by atoms with Crippen LogP contribution in [0.4, 0.5) is 0 Å². The van der Waals surface area contributed by atoms with Gasteiger partial charge in [0.2, 0.25) is 0 Å². The highest BCUT2D eigenvalue weighted by molar-refractivity contribution is 6.48. The monoisotopic (exact) mass is 654 g/mol. The molecule has 0 fully saturated rings. The topological polar surface area (TPSA) is 0 Å². The lowest BCUT2D eigenvalue weighted by atomic mass is 9.84. The summed E-state index contributed by atoms with van der Waals surface area (Å²) in [7, 11) is 0. The molecule has 0 atom stereocenters. The van der Waals surface area contributed by atoms with E-state index >= 15 is 0 Å². The lowest BCUT2D eigenvalue weighted by Gasteiger charge is -2.19. The molecule has 12 aromatic rings. The van der Waals surface area contributed by atoms with Crippen LogP contribution in [-0.2, 0) is 0 Å². The number of hydrogen-bond donors (Lipinski definition) is 0. The van der Waals surface area contributed by atoms with Crippen molar-refractivity contribution >= 4 is 86.2 Å². The van der Waals surface area contributed by atoms with Gasteiger partial charge in [0.15, 0.2) is 0 Å². The van der Waals surface area contributed by atoms with Gasteiger partial charge in [0.05, 0.1) is 0 Å². The molecule has 0 unspecified atom stereocenters. The third-order valence-electron chi connectivity index (χ3n) is 11.7. The van der Waals surface area contributed by atoms with Crippen molar-refractivity contribution in [2.75, 3.05) is 0 Å². The quantitative estimate of drug-likeness (QED) is 0.166. The van der Waals surface area contributed by atoms with E-state index in [1.807, 2.05) is 0 Å². The van der Waals surface area contributed by atoms with Crippen LogP contribution in [0.5, 0.6) is 0 Å². The minimum Gasteiger partial charge on any atom is -0.0622 e. The third kappa shape index (κ3) is 3.61. The molecule has 0 bridgehead atoms. The highest BCUT2D eigenvalue weighted by Gasteiger charge is 2.26. The molecule has 0 aromatic heterocycles.